The van der Waals surface area contributed by atoms with Crippen LogP contribution in [-0.2, 0) is 4.74 Å². The lowest BCUT2D eigenvalue weighted by Gasteiger charge is -2.21. The van der Waals surface area contributed by atoms with Gasteiger partial charge in [0.2, 0.25) is 0 Å². The molecule has 2 aromatic heterocycles. The predicted octanol–water partition coefficient (Wildman–Crippen LogP) is 4.65. The van der Waals surface area contributed by atoms with Gasteiger partial charge in [0.15, 0.2) is 5.65 Å². The molecular weight excluding hydrogens is 364 g/mol. The molecule has 0 spiro atoms. The van der Waals surface area contributed by atoms with Crippen molar-refractivity contribution in [3.05, 3.63) is 60.2 Å². The third-order valence-electron chi connectivity index (χ3n) is 5.54. The van der Waals surface area contributed by atoms with Crippen molar-refractivity contribution in [1.29, 1.82) is 0 Å². The molecule has 1 saturated carbocycles. The topological polar surface area (TPSA) is 83.0 Å². The molecule has 0 unspecified atom stereocenters. The normalized spacial score (nSPS) is 15.0. The number of aromatic nitrogens is 3. The third-order valence-corrected chi connectivity index (χ3v) is 5.54. The summed E-state index contributed by atoms with van der Waals surface area (Å²) in [5.74, 6) is -0.110. The zero-order chi connectivity index (χ0) is 19.8. The van der Waals surface area contributed by atoms with Crippen molar-refractivity contribution in [2.45, 2.75) is 38.2 Å². The Labute approximate surface area is 168 Å². The Bertz CT molecular complexity index is 1190. The van der Waals surface area contributed by atoms with Crippen molar-refractivity contribution in [3.8, 4) is 5.69 Å². The van der Waals surface area contributed by atoms with Gasteiger partial charge >= 0.3 is 5.97 Å². The van der Waals surface area contributed by atoms with Crippen LogP contribution in [0.5, 0.6) is 0 Å². The lowest BCUT2D eigenvalue weighted by molar-refractivity contribution is 0.0214. The fourth-order valence-corrected chi connectivity index (χ4v) is 4.09. The van der Waals surface area contributed by atoms with E-state index in [0.717, 1.165) is 42.4 Å². The zero-order valence-electron chi connectivity index (χ0n) is 16.0. The highest BCUT2D eigenvalue weighted by Gasteiger charge is 2.28. The second kappa shape index (κ2) is 7.20. The summed E-state index contributed by atoms with van der Waals surface area (Å²) in [4.78, 5) is 22.7. The van der Waals surface area contributed by atoms with Crippen LogP contribution in [0.15, 0.2) is 54.6 Å². The van der Waals surface area contributed by atoms with Crippen molar-refractivity contribution >= 4 is 34.0 Å². The second-order valence-electron chi connectivity index (χ2n) is 7.48. The number of ether oxygens (including phenoxy) is 1. The van der Waals surface area contributed by atoms with Gasteiger partial charge < -0.3 is 10.5 Å². The molecule has 0 aliphatic heterocycles. The van der Waals surface area contributed by atoms with Crippen molar-refractivity contribution in [2.75, 3.05) is 5.73 Å². The van der Waals surface area contributed by atoms with Gasteiger partial charge in [0, 0.05) is 5.69 Å². The van der Waals surface area contributed by atoms with E-state index < -0.39 is 5.97 Å². The summed E-state index contributed by atoms with van der Waals surface area (Å²) in [6.45, 7) is 0. The van der Waals surface area contributed by atoms with E-state index in [9.17, 15) is 4.79 Å². The molecule has 6 nitrogen and oxygen atoms in total. The molecule has 0 amide bonds. The van der Waals surface area contributed by atoms with Crippen LogP contribution in [0.1, 0.15) is 42.5 Å². The van der Waals surface area contributed by atoms with Crippen LogP contribution in [0.25, 0.3) is 27.9 Å². The number of carbonyl (C=O) groups excluding carboxylic acids is 1. The zero-order valence-corrected chi connectivity index (χ0v) is 16.0. The molecule has 0 saturated heterocycles. The van der Waals surface area contributed by atoms with Crippen LogP contribution in [0.4, 0.5) is 5.82 Å². The quantitative estimate of drug-likeness (QED) is 0.518. The molecule has 5 rings (SSSR count). The van der Waals surface area contributed by atoms with E-state index >= 15 is 0 Å². The molecule has 0 radical (unpaired) electrons. The summed E-state index contributed by atoms with van der Waals surface area (Å²) >= 11 is 0. The number of rotatable bonds is 3. The van der Waals surface area contributed by atoms with Crippen LogP contribution in [-0.4, -0.2) is 26.6 Å². The molecule has 1 aliphatic rings. The Morgan fingerprint density at radius 2 is 1.59 bits per heavy atom. The van der Waals surface area contributed by atoms with E-state index in [4.69, 9.17) is 20.4 Å². The summed E-state index contributed by atoms with van der Waals surface area (Å²) < 4.78 is 7.61. The number of fused-ring (bicyclic) bond motifs is 2. The van der Waals surface area contributed by atoms with E-state index in [-0.39, 0.29) is 6.10 Å². The number of hydrogen-bond acceptors (Lipinski definition) is 5. The van der Waals surface area contributed by atoms with Gasteiger partial charge in [-0.05, 0) is 49.9 Å². The minimum absolute atomic E-state index is 0.0563. The summed E-state index contributed by atoms with van der Waals surface area (Å²) in [6, 6.07) is 17.3. The third kappa shape index (κ3) is 3.10. The van der Waals surface area contributed by atoms with E-state index in [1.54, 1.807) is 4.57 Å². The molecule has 1 aliphatic carbocycles. The maximum atomic E-state index is 13.1. The number of carbonyl (C=O) groups is 1. The maximum absolute atomic E-state index is 13.1. The van der Waals surface area contributed by atoms with Gasteiger partial charge in [-0.15, -0.1) is 0 Å². The van der Waals surface area contributed by atoms with Crippen molar-refractivity contribution < 1.29 is 9.53 Å². The number of nitrogens with two attached hydrogens (primary N) is 1. The van der Waals surface area contributed by atoms with E-state index in [0.29, 0.717) is 22.5 Å². The number of nitrogens with zero attached hydrogens (tertiary/aromatic N) is 3. The van der Waals surface area contributed by atoms with E-state index in [1.165, 1.54) is 6.42 Å². The molecule has 0 atom stereocenters. The molecule has 6 heteroatoms. The Morgan fingerprint density at radius 3 is 2.31 bits per heavy atom. The molecular formula is C23H22N4O2. The fraction of sp³-hybridized carbons (Fsp3) is 0.261. The summed E-state index contributed by atoms with van der Waals surface area (Å²) in [5.41, 5.74) is 10.1. The fourth-order valence-electron chi connectivity index (χ4n) is 4.09. The molecule has 2 aromatic carbocycles. The highest BCUT2D eigenvalue weighted by molar-refractivity contribution is 6.09. The van der Waals surface area contributed by atoms with E-state index in [2.05, 4.69) is 0 Å². The van der Waals surface area contributed by atoms with Gasteiger partial charge in [0.05, 0.1) is 11.0 Å². The van der Waals surface area contributed by atoms with Crippen LogP contribution in [0.2, 0.25) is 0 Å². The predicted molar refractivity (Wildman–Crippen MR) is 113 cm³/mol. The van der Waals surface area contributed by atoms with Crippen LogP contribution >= 0.6 is 0 Å². The number of anilines is 1. The number of hydrogen-bond donors (Lipinski definition) is 1. The number of benzene rings is 2. The minimum Gasteiger partial charge on any atom is -0.459 e. The summed E-state index contributed by atoms with van der Waals surface area (Å²) in [5, 5.41) is 0. The lowest BCUT2D eigenvalue weighted by Crippen LogP contribution is -2.21. The molecule has 29 heavy (non-hydrogen) atoms. The first kappa shape index (κ1) is 17.7. The number of nitrogen functional groups attached to an aromatic ring is 1. The van der Waals surface area contributed by atoms with Gasteiger partial charge in [-0.25, -0.2) is 14.8 Å². The Morgan fingerprint density at radius 1 is 0.931 bits per heavy atom. The second-order valence-corrected chi connectivity index (χ2v) is 7.48. The Balaban J connectivity index is 1.71. The minimum atomic E-state index is -0.418. The maximum Gasteiger partial charge on any atom is 0.344 e. The summed E-state index contributed by atoms with van der Waals surface area (Å²) in [7, 11) is 0. The Kier molecular flexibility index (Phi) is 4.39. The molecule has 2 heterocycles. The molecule has 1 fully saturated rings. The highest BCUT2D eigenvalue weighted by atomic mass is 16.5. The molecule has 0 bridgehead atoms. The first-order valence-corrected chi connectivity index (χ1v) is 10.1. The van der Waals surface area contributed by atoms with Crippen LogP contribution in [0, 0.1) is 0 Å². The van der Waals surface area contributed by atoms with Crippen molar-refractivity contribution in [3.63, 3.8) is 0 Å². The molecule has 2 N–H and O–H groups in total. The smallest absolute Gasteiger partial charge is 0.344 e. The lowest BCUT2D eigenvalue weighted by atomic mass is 9.98. The first-order valence-electron chi connectivity index (χ1n) is 10.1. The van der Waals surface area contributed by atoms with Crippen molar-refractivity contribution in [2.24, 2.45) is 0 Å². The number of esters is 1. The number of para-hydroxylation sites is 3. The van der Waals surface area contributed by atoms with Crippen molar-refractivity contribution in [1.82, 2.24) is 14.5 Å². The van der Waals surface area contributed by atoms with Gasteiger partial charge in [-0.3, -0.25) is 4.57 Å². The van der Waals surface area contributed by atoms with Gasteiger partial charge in [-0.2, -0.15) is 0 Å². The average Bonchev–Trinajstić information content (AvgIpc) is 3.04. The van der Waals surface area contributed by atoms with Gasteiger partial charge in [0.1, 0.15) is 23.0 Å². The highest BCUT2D eigenvalue weighted by Crippen LogP contribution is 2.32. The molecule has 146 valence electrons. The Hall–Kier alpha value is -3.41. The average molecular weight is 386 g/mol. The molecule has 4 aromatic rings. The van der Waals surface area contributed by atoms with Crippen LogP contribution in [0.3, 0.4) is 0 Å². The monoisotopic (exact) mass is 386 g/mol. The summed E-state index contributed by atoms with van der Waals surface area (Å²) in [6.07, 6.45) is 5.11. The van der Waals surface area contributed by atoms with Gasteiger partial charge in [0.25, 0.3) is 0 Å². The largest absolute Gasteiger partial charge is 0.459 e. The first-order chi connectivity index (χ1) is 14.2. The standard InChI is InChI=1S/C23H22N4O2/c24-21-19(23(28)29-16-11-5-2-6-12-16)20-22(27(21)15-9-3-1-4-10-15)26-18-14-8-7-13-17(18)25-20/h1,3-4,7-10,13-14,16H,2,5-6,11-12,24H2. The SMILES string of the molecule is Nc1c(C(=O)OC2CCCCC2)c2nc3ccccc3nc2n1-c1ccccc1. The van der Waals surface area contributed by atoms with E-state index in [1.807, 2.05) is 54.6 Å². The van der Waals surface area contributed by atoms with Crippen LogP contribution < -0.4 is 5.73 Å². The van der Waals surface area contributed by atoms with Gasteiger partial charge in [-0.1, -0.05) is 36.8 Å².